The molecular weight excluding hydrogens is 210 g/mol. The monoisotopic (exact) mass is 231 g/mol. The standard InChI is InChI=1S/C15H21NO/c1-2-6-13-12-8-5-10-17-15(12)11-7-3-4-9-14(11)16-13/h3-4,7,9,12-13,15-16H,2,5-6,8,10H2,1H3/t12-,13+,15+/m0/s1. The lowest BCUT2D eigenvalue weighted by Gasteiger charge is -2.43. The number of hydrogen-bond acceptors (Lipinski definition) is 2. The lowest BCUT2D eigenvalue weighted by atomic mass is 9.78. The number of fused-ring (bicyclic) bond motifs is 3. The Balaban J connectivity index is 1.94. The average Bonchev–Trinajstić information content (AvgIpc) is 2.39. The fraction of sp³-hybridized carbons (Fsp3) is 0.600. The van der Waals surface area contributed by atoms with E-state index in [0.717, 1.165) is 6.61 Å². The molecule has 3 atom stereocenters. The van der Waals surface area contributed by atoms with Crippen LogP contribution in [0.1, 0.15) is 44.3 Å². The van der Waals surface area contributed by atoms with Crippen molar-refractivity contribution in [2.24, 2.45) is 5.92 Å². The molecule has 0 saturated carbocycles. The van der Waals surface area contributed by atoms with Gasteiger partial charge in [0.2, 0.25) is 0 Å². The summed E-state index contributed by atoms with van der Waals surface area (Å²) < 4.78 is 6.04. The molecule has 0 bridgehead atoms. The first-order chi connectivity index (χ1) is 8.40. The van der Waals surface area contributed by atoms with Gasteiger partial charge >= 0.3 is 0 Å². The molecule has 2 nitrogen and oxygen atoms in total. The van der Waals surface area contributed by atoms with Gasteiger partial charge in [0.15, 0.2) is 0 Å². The molecule has 0 spiro atoms. The van der Waals surface area contributed by atoms with Crippen LogP contribution in [0.5, 0.6) is 0 Å². The minimum Gasteiger partial charge on any atom is -0.382 e. The number of para-hydroxylation sites is 1. The zero-order chi connectivity index (χ0) is 11.7. The first-order valence-corrected chi connectivity index (χ1v) is 6.87. The van der Waals surface area contributed by atoms with Crippen LogP contribution in [0.2, 0.25) is 0 Å². The summed E-state index contributed by atoms with van der Waals surface area (Å²) in [6, 6.07) is 9.23. The Kier molecular flexibility index (Phi) is 3.06. The van der Waals surface area contributed by atoms with Gasteiger partial charge in [-0.1, -0.05) is 31.5 Å². The Hall–Kier alpha value is -1.02. The van der Waals surface area contributed by atoms with Gasteiger partial charge in [-0.2, -0.15) is 0 Å². The minimum absolute atomic E-state index is 0.331. The van der Waals surface area contributed by atoms with E-state index in [9.17, 15) is 0 Å². The second-order valence-corrected chi connectivity index (χ2v) is 5.22. The highest BCUT2D eigenvalue weighted by Crippen LogP contribution is 2.44. The van der Waals surface area contributed by atoms with Gasteiger partial charge in [-0.05, 0) is 25.3 Å². The third-order valence-corrected chi connectivity index (χ3v) is 4.09. The maximum atomic E-state index is 6.04. The van der Waals surface area contributed by atoms with E-state index < -0.39 is 0 Å². The molecule has 2 heteroatoms. The van der Waals surface area contributed by atoms with Crippen molar-refractivity contribution in [1.82, 2.24) is 0 Å². The molecule has 0 amide bonds. The van der Waals surface area contributed by atoms with Crippen molar-refractivity contribution in [3.05, 3.63) is 29.8 Å². The van der Waals surface area contributed by atoms with Crippen LogP contribution in [0.15, 0.2) is 24.3 Å². The fourth-order valence-electron chi connectivity index (χ4n) is 3.32. The molecular formula is C15H21NO. The second kappa shape index (κ2) is 4.69. The van der Waals surface area contributed by atoms with Crippen molar-refractivity contribution >= 4 is 5.69 Å². The Labute approximate surface area is 103 Å². The molecule has 1 N–H and O–H groups in total. The van der Waals surface area contributed by atoms with Crippen LogP contribution >= 0.6 is 0 Å². The molecule has 0 aliphatic carbocycles. The predicted octanol–water partition coefficient (Wildman–Crippen LogP) is 3.75. The Morgan fingerprint density at radius 1 is 1.35 bits per heavy atom. The number of anilines is 1. The van der Waals surface area contributed by atoms with Crippen molar-refractivity contribution in [3.8, 4) is 0 Å². The van der Waals surface area contributed by atoms with E-state index in [1.54, 1.807) is 0 Å². The van der Waals surface area contributed by atoms with E-state index in [2.05, 4.69) is 36.5 Å². The largest absolute Gasteiger partial charge is 0.382 e. The summed E-state index contributed by atoms with van der Waals surface area (Å²) in [5.74, 6) is 0.665. The van der Waals surface area contributed by atoms with E-state index >= 15 is 0 Å². The van der Waals surface area contributed by atoms with Gasteiger partial charge in [-0.15, -0.1) is 0 Å². The lowest BCUT2D eigenvalue weighted by molar-refractivity contribution is -0.0385. The zero-order valence-corrected chi connectivity index (χ0v) is 10.5. The van der Waals surface area contributed by atoms with Crippen molar-refractivity contribution in [2.45, 2.75) is 44.8 Å². The average molecular weight is 231 g/mol. The Morgan fingerprint density at radius 2 is 2.24 bits per heavy atom. The molecule has 3 rings (SSSR count). The number of benzene rings is 1. The summed E-state index contributed by atoms with van der Waals surface area (Å²) >= 11 is 0. The molecule has 2 heterocycles. The highest BCUT2D eigenvalue weighted by atomic mass is 16.5. The number of hydrogen-bond donors (Lipinski definition) is 1. The highest BCUT2D eigenvalue weighted by Gasteiger charge is 2.38. The quantitative estimate of drug-likeness (QED) is 0.837. The molecule has 17 heavy (non-hydrogen) atoms. The molecule has 1 fully saturated rings. The van der Waals surface area contributed by atoms with Gasteiger partial charge in [0.05, 0.1) is 6.10 Å². The second-order valence-electron chi connectivity index (χ2n) is 5.22. The van der Waals surface area contributed by atoms with Gasteiger partial charge in [0, 0.05) is 29.8 Å². The minimum atomic E-state index is 0.331. The van der Waals surface area contributed by atoms with Gasteiger partial charge in [-0.25, -0.2) is 0 Å². The van der Waals surface area contributed by atoms with Crippen molar-refractivity contribution in [1.29, 1.82) is 0 Å². The van der Waals surface area contributed by atoms with Gasteiger partial charge in [0.1, 0.15) is 0 Å². The Morgan fingerprint density at radius 3 is 3.12 bits per heavy atom. The van der Waals surface area contributed by atoms with Crippen LogP contribution in [0.3, 0.4) is 0 Å². The predicted molar refractivity (Wildman–Crippen MR) is 70.2 cm³/mol. The third-order valence-electron chi connectivity index (χ3n) is 4.09. The fourth-order valence-corrected chi connectivity index (χ4v) is 3.32. The molecule has 0 radical (unpaired) electrons. The summed E-state index contributed by atoms with van der Waals surface area (Å²) in [7, 11) is 0. The number of rotatable bonds is 2. The number of ether oxygens (including phenoxy) is 1. The topological polar surface area (TPSA) is 21.3 Å². The summed E-state index contributed by atoms with van der Waals surface area (Å²) in [6.07, 6.45) is 5.34. The Bertz CT molecular complexity index is 390. The van der Waals surface area contributed by atoms with Crippen LogP contribution in [0.4, 0.5) is 5.69 Å². The van der Waals surface area contributed by atoms with Gasteiger partial charge < -0.3 is 10.1 Å². The third kappa shape index (κ3) is 1.95. The summed E-state index contributed by atoms with van der Waals surface area (Å²) in [5.41, 5.74) is 2.65. The molecule has 2 aliphatic rings. The summed E-state index contributed by atoms with van der Waals surface area (Å²) in [5, 5.41) is 3.72. The van der Waals surface area contributed by atoms with E-state index in [-0.39, 0.29) is 0 Å². The van der Waals surface area contributed by atoms with Crippen molar-refractivity contribution in [2.75, 3.05) is 11.9 Å². The highest BCUT2D eigenvalue weighted by molar-refractivity contribution is 5.55. The summed E-state index contributed by atoms with van der Waals surface area (Å²) in [6.45, 7) is 3.19. The van der Waals surface area contributed by atoms with Crippen LogP contribution < -0.4 is 5.32 Å². The zero-order valence-electron chi connectivity index (χ0n) is 10.5. The van der Waals surface area contributed by atoms with E-state index in [1.807, 2.05) is 0 Å². The van der Waals surface area contributed by atoms with Gasteiger partial charge in [-0.3, -0.25) is 0 Å². The molecule has 0 unspecified atom stereocenters. The van der Waals surface area contributed by atoms with Crippen molar-refractivity contribution < 1.29 is 4.74 Å². The van der Waals surface area contributed by atoms with E-state index in [1.165, 1.54) is 36.9 Å². The van der Waals surface area contributed by atoms with Crippen LogP contribution in [-0.4, -0.2) is 12.6 Å². The molecule has 1 aromatic carbocycles. The molecule has 0 aromatic heterocycles. The molecule has 1 saturated heterocycles. The lowest BCUT2D eigenvalue weighted by Crippen LogP contribution is -2.41. The SMILES string of the molecule is CCC[C@H]1Nc2ccccc2[C@H]2OCCC[C@H]21. The maximum Gasteiger partial charge on any atom is 0.0892 e. The molecule has 2 aliphatic heterocycles. The van der Waals surface area contributed by atoms with Crippen LogP contribution in [-0.2, 0) is 4.74 Å². The summed E-state index contributed by atoms with van der Waals surface area (Å²) in [4.78, 5) is 0. The number of nitrogens with one attached hydrogen (secondary N) is 1. The van der Waals surface area contributed by atoms with Gasteiger partial charge in [0.25, 0.3) is 0 Å². The maximum absolute atomic E-state index is 6.04. The molecule has 1 aromatic rings. The van der Waals surface area contributed by atoms with E-state index in [4.69, 9.17) is 4.74 Å². The van der Waals surface area contributed by atoms with Crippen molar-refractivity contribution in [3.63, 3.8) is 0 Å². The van der Waals surface area contributed by atoms with Crippen LogP contribution in [0.25, 0.3) is 0 Å². The first kappa shape index (κ1) is 11.1. The smallest absolute Gasteiger partial charge is 0.0892 e. The normalized spacial score (nSPS) is 31.2. The molecule has 92 valence electrons. The van der Waals surface area contributed by atoms with Crippen LogP contribution in [0, 0.1) is 5.92 Å². The van der Waals surface area contributed by atoms with E-state index in [0.29, 0.717) is 18.1 Å². The first-order valence-electron chi connectivity index (χ1n) is 6.87.